The number of rotatable bonds is 4. The highest BCUT2D eigenvalue weighted by molar-refractivity contribution is 5.70. The van der Waals surface area contributed by atoms with Crippen molar-refractivity contribution in [2.75, 3.05) is 0 Å². The molecule has 2 N–H and O–H groups in total. The van der Waals surface area contributed by atoms with E-state index in [1.807, 2.05) is 32.9 Å². The summed E-state index contributed by atoms with van der Waals surface area (Å²) in [6, 6.07) is 0. The van der Waals surface area contributed by atoms with Crippen molar-refractivity contribution in [3.05, 3.63) is 48.6 Å². The van der Waals surface area contributed by atoms with Crippen molar-refractivity contribution >= 4 is 5.97 Å². The summed E-state index contributed by atoms with van der Waals surface area (Å²) in [6.07, 6.45) is 12.8. The standard InChI is InChI=1S/C24H38O4/c1-6-7-8-12-19(4)24-22(26)15-14-18(3)21(25)13-10-9-11-17(2)20(5)16-23(27)28-24/h8,10,12-15,18-22,24-26H,2,6-7,9,11,16H2,1,3-5H3/b12-8+,13-10?,15-14-/t18?,19-,20+,21+,22?,24+/m1/s1. The van der Waals surface area contributed by atoms with Gasteiger partial charge in [0, 0.05) is 11.8 Å². The quantitative estimate of drug-likeness (QED) is 0.538. The van der Waals surface area contributed by atoms with E-state index in [1.165, 1.54) is 0 Å². The van der Waals surface area contributed by atoms with E-state index >= 15 is 0 Å². The second-order valence-corrected chi connectivity index (χ2v) is 7.99. The van der Waals surface area contributed by atoms with E-state index in [-0.39, 0.29) is 30.1 Å². The van der Waals surface area contributed by atoms with E-state index < -0.39 is 18.3 Å². The third-order valence-electron chi connectivity index (χ3n) is 5.30. The lowest BCUT2D eigenvalue weighted by molar-refractivity contribution is -0.156. The van der Waals surface area contributed by atoms with Crippen LogP contribution in [-0.4, -0.2) is 34.5 Å². The van der Waals surface area contributed by atoms with E-state index in [2.05, 4.69) is 19.6 Å². The van der Waals surface area contributed by atoms with Crippen LogP contribution in [0.5, 0.6) is 0 Å². The monoisotopic (exact) mass is 390 g/mol. The Labute approximate surface area is 170 Å². The molecule has 0 amide bonds. The maximum Gasteiger partial charge on any atom is 0.306 e. The minimum atomic E-state index is -0.938. The third kappa shape index (κ3) is 8.57. The molecular formula is C24H38O4. The maximum absolute atomic E-state index is 12.5. The lowest BCUT2D eigenvalue weighted by Gasteiger charge is -2.26. The van der Waals surface area contributed by atoms with Crippen LogP contribution in [-0.2, 0) is 9.53 Å². The second kappa shape index (κ2) is 12.7. The van der Waals surface area contributed by atoms with Gasteiger partial charge in [-0.25, -0.2) is 0 Å². The lowest BCUT2D eigenvalue weighted by Crippen LogP contribution is -2.35. The summed E-state index contributed by atoms with van der Waals surface area (Å²) in [4.78, 5) is 12.5. The number of unbranched alkanes of at least 4 members (excludes halogenated alkanes) is 1. The Kier molecular flexibility index (Phi) is 11.1. The van der Waals surface area contributed by atoms with E-state index in [4.69, 9.17) is 4.74 Å². The van der Waals surface area contributed by atoms with Gasteiger partial charge in [-0.3, -0.25) is 4.79 Å². The number of aliphatic hydroxyl groups excluding tert-OH is 2. The van der Waals surface area contributed by atoms with Crippen LogP contribution in [0.15, 0.2) is 48.6 Å². The smallest absolute Gasteiger partial charge is 0.306 e. The van der Waals surface area contributed by atoms with Crippen molar-refractivity contribution < 1.29 is 19.7 Å². The molecule has 0 bridgehead atoms. The van der Waals surface area contributed by atoms with E-state index in [1.54, 1.807) is 18.2 Å². The summed E-state index contributed by atoms with van der Waals surface area (Å²) in [5.41, 5.74) is 0.991. The molecule has 0 aliphatic carbocycles. The fourth-order valence-corrected chi connectivity index (χ4v) is 3.11. The zero-order chi connectivity index (χ0) is 21.1. The van der Waals surface area contributed by atoms with Gasteiger partial charge in [0.15, 0.2) is 0 Å². The van der Waals surface area contributed by atoms with Crippen LogP contribution in [0.4, 0.5) is 0 Å². The normalized spacial score (nSPS) is 33.1. The number of allylic oxidation sites excluding steroid dienone is 3. The van der Waals surface area contributed by atoms with Crippen LogP contribution in [0.25, 0.3) is 0 Å². The van der Waals surface area contributed by atoms with Gasteiger partial charge in [-0.1, -0.05) is 82.7 Å². The van der Waals surface area contributed by atoms with Crippen LogP contribution in [0, 0.1) is 17.8 Å². The molecule has 1 aliphatic heterocycles. The molecule has 0 saturated carbocycles. The predicted octanol–water partition coefficient (Wildman–Crippen LogP) is 4.74. The zero-order valence-corrected chi connectivity index (χ0v) is 17.9. The molecule has 0 aromatic rings. The fraction of sp³-hybridized carbons (Fsp3) is 0.625. The number of cyclic esters (lactones) is 1. The first-order valence-electron chi connectivity index (χ1n) is 10.5. The predicted molar refractivity (Wildman–Crippen MR) is 115 cm³/mol. The number of carbonyl (C=O) groups excluding carboxylic acids is 1. The minimum absolute atomic E-state index is 0.00847. The number of ether oxygens (including phenoxy) is 1. The van der Waals surface area contributed by atoms with Crippen molar-refractivity contribution in [2.45, 2.75) is 78.1 Å². The Bertz CT molecular complexity index is 575. The molecule has 0 aromatic carbocycles. The summed E-state index contributed by atoms with van der Waals surface area (Å²) in [6.45, 7) is 12.0. The Morgan fingerprint density at radius 2 is 1.96 bits per heavy atom. The van der Waals surface area contributed by atoms with Crippen molar-refractivity contribution in [1.82, 2.24) is 0 Å². The summed E-state index contributed by atoms with van der Waals surface area (Å²) in [7, 11) is 0. The van der Waals surface area contributed by atoms with Crippen molar-refractivity contribution in [3.8, 4) is 0 Å². The zero-order valence-electron chi connectivity index (χ0n) is 17.9. The molecule has 1 aliphatic rings. The maximum atomic E-state index is 12.5. The molecule has 0 radical (unpaired) electrons. The van der Waals surface area contributed by atoms with E-state index in [9.17, 15) is 15.0 Å². The molecule has 0 aromatic heterocycles. The van der Waals surface area contributed by atoms with Gasteiger partial charge in [0.25, 0.3) is 0 Å². The Morgan fingerprint density at radius 3 is 2.64 bits per heavy atom. The summed E-state index contributed by atoms with van der Waals surface area (Å²) >= 11 is 0. The summed E-state index contributed by atoms with van der Waals surface area (Å²) in [5, 5.41) is 21.0. The van der Waals surface area contributed by atoms with Gasteiger partial charge in [-0.15, -0.1) is 0 Å². The second-order valence-electron chi connectivity index (χ2n) is 7.99. The van der Waals surface area contributed by atoms with Gasteiger partial charge in [-0.05, 0) is 25.2 Å². The molecular weight excluding hydrogens is 352 g/mol. The minimum Gasteiger partial charge on any atom is -0.459 e. The summed E-state index contributed by atoms with van der Waals surface area (Å²) < 4.78 is 5.70. The number of carbonyl (C=O) groups is 1. The SMILES string of the molecule is C=C1CCC=C[C@H](O)C(C)/C=C\C(O)[C@H]([C@H](C)/C=C/CCC)OC(=O)C[C@@H]1C. The van der Waals surface area contributed by atoms with Gasteiger partial charge >= 0.3 is 5.97 Å². The fourth-order valence-electron chi connectivity index (χ4n) is 3.11. The molecule has 1 rings (SSSR count). The van der Waals surface area contributed by atoms with Gasteiger partial charge in [-0.2, -0.15) is 0 Å². The lowest BCUT2D eigenvalue weighted by atomic mass is 9.94. The molecule has 158 valence electrons. The van der Waals surface area contributed by atoms with Gasteiger partial charge < -0.3 is 14.9 Å². The molecule has 6 atom stereocenters. The molecule has 0 saturated heterocycles. The largest absolute Gasteiger partial charge is 0.459 e. The summed E-state index contributed by atoms with van der Waals surface area (Å²) in [5.74, 6) is -0.584. The van der Waals surface area contributed by atoms with Crippen molar-refractivity contribution in [1.29, 1.82) is 0 Å². The first-order valence-corrected chi connectivity index (χ1v) is 10.5. The van der Waals surface area contributed by atoms with Crippen molar-refractivity contribution in [2.24, 2.45) is 17.8 Å². The van der Waals surface area contributed by atoms with Gasteiger partial charge in [0.1, 0.15) is 12.2 Å². The average molecular weight is 391 g/mol. The first-order chi connectivity index (χ1) is 13.3. The Balaban J connectivity index is 3.06. The first kappa shape index (κ1) is 24.4. The van der Waals surface area contributed by atoms with Crippen LogP contribution in [0.2, 0.25) is 0 Å². The number of hydrogen-bond acceptors (Lipinski definition) is 4. The van der Waals surface area contributed by atoms with Crippen molar-refractivity contribution in [3.63, 3.8) is 0 Å². The molecule has 0 spiro atoms. The topological polar surface area (TPSA) is 66.8 Å². The molecule has 0 fully saturated rings. The highest BCUT2D eigenvalue weighted by Gasteiger charge is 2.27. The molecule has 2 unspecified atom stereocenters. The average Bonchev–Trinajstić information content (AvgIpc) is 2.66. The van der Waals surface area contributed by atoms with Crippen LogP contribution < -0.4 is 0 Å². The molecule has 4 nitrogen and oxygen atoms in total. The Hall–Kier alpha value is -1.65. The van der Waals surface area contributed by atoms with Gasteiger partial charge in [0.05, 0.1) is 12.5 Å². The molecule has 1 heterocycles. The highest BCUT2D eigenvalue weighted by Crippen LogP contribution is 2.23. The van der Waals surface area contributed by atoms with E-state index in [0.29, 0.717) is 0 Å². The third-order valence-corrected chi connectivity index (χ3v) is 5.30. The number of hydrogen-bond donors (Lipinski definition) is 2. The van der Waals surface area contributed by atoms with Crippen LogP contribution in [0.1, 0.15) is 59.8 Å². The van der Waals surface area contributed by atoms with Gasteiger partial charge in [0.2, 0.25) is 0 Å². The Morgan fingerprint density at radius 1 is 1.25 bits per heavy atom. The molecule has 28 heavy (non-hydrogen) atoms. The van der Waals surface area contributed by atoms with Crippen LogP contribution in [0.3, 0.4) is 0 Å². The molecule has 4 heteroatoms. The number of esters is 1. The highest BCUT2D eigenvalue weighted by atomic mass is 16.6. The number of aliphatic hydroxyl groups is 2. The van der Waals surface area contributed by atoms with E-state index in [0.717, 1.165) is 31.3 Å². The van der Waals surface area contributed by atoms with Crippen LogP contribution >= 0.6 is 0 Å².